The molecule has 3 heteroatoms. The van der Waals surface area contributed by atoms with Crippen LogP contribution in [0.4, 0.5) is 34.1 Å². The molecule has 0 fully saturated rings. The van der Waals surface area contributed by atoms with Crippen molar-refractivity contribution in [2.24, 2.45) is 0 Å². The van der Waals surface area contributed by atoms with E-state index >= 15 is 0 Å². The average Bonchev–Trinajstić information content (AvgIpc) is 3.78. The molecule has 0 saturated carbocycles. The summed E-state index contributed by atoms with van der Waals surface area (Å²) in [4.78, 5) is 4.87. The summed E-state index contributed by atoms with van der Waals surface area (Å²) < 4.78 is 2.57. The maximum absolute atomic E-state index is 2.46. The molecule has 0 atom stereocenters. The number of anilines is 6. The fourth-order valence-electron chi connectivity index (χ4n) is 10.8. The zero-order chi connectivity index (χ0) is 44.0. The molecule has 0 radical (unpaired) electrons. The van der Waals surface area contributed by atoms with Crippen molar-refractivity contribution in [1.29, 1.82) is 0 Å². The Kier molecular flexibility index (Phi) is 8.49. The molecule has 0 amide bonds. The van der Waals surface area contributed by atoms with Crippen LogP contribution in [-0.4, -0.2) is 0 Å². The van der Waals surface area contributed by atoms with Gasteiger partial charge >= 0.3 is 0 Å². The van der Waals surface area contributed by atoms with Crippen molar-refractivity contribution in [3.05, 3.63) is 243 Å². The normalized spacial score (nSPS) is 11.9. The number of para-hydroxylation sites is 1. The average molecular weight is 869 g/mol. The van der Waals surface area contributed by atoms with Crippen LogP contribution in [0.3, 0.4) is 0 Å². The lowest BCUT2D eigenvalue weighted by atomic mass is 9.96. The number of benzene rings is 13. The Bertz CT molecular complexity index is 4300. The van der Waals surface area contributed by atoms with Crippen molar-refractivity contribution in [3.8, 4) is 0 Å². The van der Waals surface area contributed by atoms with E-state index in [0.717, 1.165) is 34.1 Å². The molecule has 0 spiro atoms. The van der Waals surface area contributed by atoms with E-state index < -0.39 is 0 Å². The SMILES string of the molecule is c1ccc(N(c2ccc3ccc4ccccc4c3c2)c2ccc3c(c2)c2ccccc2c2c4ccc(N(c5ccc6ccc7ccccc7c6c5)c5cccc6ccccc56)cc4sc32)cc1. The van der Waals surface area contributed by atoms with E-state index in [0.29, 0.717) is 0 Å². The standard InChI is InChI=1S/C64H40N2S/c1-2-17-46(18-3-1)65(47-31-29-44-27-25-42-14-4-7-19-51(42)58(44)37-47)48-33-35-56-60(39-48)54-22-10-11-23-55(54)63-57-36-34-50(40-62(57)67-64(56)63)66(61-24-12-16-41-13-6-9-21-53(41)61)49-32-30-45-28-26-43-15-5-8-20-52(43)59(45)38-49/h1-40H. The second-order valence-corrected chi connectivity index (χ2v) is 18.7. The van der Waals surface area contributed by atoms with E-state index in [4.69, 9.17) is 0 Å². The number of nitrogens with zero attached hydrogens (tertiary/aromatic N) is 2. The molecule has 0 bridgehead atoms. The highest BCUT2D eigenvalue weighted by Gasteiger charge is 2.21. The fraction of sp³-hybridized carbons (Fsp3) is 0. The first-order valence-corrected chi connectivity index (χ1v) is 23.8. The summed E-state index contributed by atoms with van der Waals surface area (Å²) in [6.45, 7) is 0. The maximum atomic E-state index is 2.46. The molecule has 14 rings (SSSR count). The molecule has 1 heterocycles. The Morgan fingerprint density at radius 2 is 0.687 bits per heavy atom. The van der Waals surface area contributed by atoms with Crippen LogP contribution < -0.4 is 9.80 Å². The zero-order valence-electron chi connectivity index (χ0n) is 36.4. The maximum Gasteiger partial charge on any atom is 0.0540 e. The van der Waals surface area contributed by atoms with Crippen LogP contribution in [0.15, 0.2) is 243 Å². The first kappa shape index (κ1) is 37.8. The topological polar surface area (TPSA) is 6.48 Å². The Labute approximate surface area is 391 Å². The van der Waals surface area contributed by atoms with Crippen LogP contribution in [0.25, 0.3) is 95.6 Å². The van der Waals surface area contributed by atoms with Gasteiger partial charge in [-0.1, -0.05) is 176 Å². The molecule has 0 N–H and O–H groups in total. The molecule has 2 nitrogen and oxygen atoms in total. The van der Waals surface area contributed by atoms with E-state index in [1.165, 1.54) is 95.6 Å². The van der Waals surface area contributed by atoms with Gasteiger partial charge < -0.3 is 9.80 Å². The number of rotatable bonds is 6. The number of thiophene rings is 1. The first-order valence-electron chi connectivity index (χ1n) is 23.0. The van der Waals surface area contributed by atoms with Gasteiger partial charge in [0.05, 0.1) is 5.69 Å². The summed E-state index contributed by atoms with van der Waals surface area (Å²) >= 11 is 1.91. The van der Waals surface area contributed by atoms with Crippen molar-refractivity contribution < 1.29 is 0 Å². The molecular weight excluding hydrogens is 829 g/mol. The largest absolute Gasteiger partial charge is 0.310 e. The van der Waals surface area contributed by atoms with Gasteiger partial charge in [0.25, 0.3) is 0 Å². The van der Waals surface area contributed by atoms with Crippen LogP contribution in [0.5, 0.6) is 0 Å². The predicted molar refractivity (Wildman–Crippen MR) is 291 cm³/mol. The lowest BCUT2D eigenvalue weighted by molar-refractivity contribution is 1.30. The molecule has 0 aliphatic heterocycles. The van der Waals surface area contributed by atoms with Crippen molar-refractivity contribution in [2.45, 2.75) is 0 Å². The molecule has 0 unspecified atom stereocenters. The molecule has 1 aromatic heterocycles. The molecule has 0 saturated heterocycles. The minimum Gasteiger partial charge on any atom is -0.310 e. The molecule has 13 aromatic carbocycles. The van der Waals surface area contributed by atoms with Crippen molar-refractivity contribution in [2.75, 3.05) is 9.80 Å². The van der Waals surface area contributed by atoms with Gasteiger partial charge in [0.1, 0.15) is 0 Å². The third kappa shape index (κ3) is 6.02. The summed E-state index contributed by atoms with van der Waals surface area (Å²) in [5.41, 5.74) is 6.80. The second-order valence-electron chi connectivity index (χ2n) is 17.7. The number of hydrogen-bond donors (Lipinski definition) is 0. The van der Waals surface area contributed by atoms with Crippen LogP contribution in [-0.2, 0) is 0 Å². The summed E-state index contributed by atoms with van der Waals surface area (Å²) in [7, 11) is 0. The Hall–Kier alpha value is -8.50. The molecule has 67 heavy (non-hydrogen) atoms. The quantitative estimate of drug-likeness (QED) is 0.154. The van der Waals surface area contributed by atoms with Crippen molar-refractivity contribution in [3.63, 3.8) is 0 Å². The van der Waals surface area contributed by atoms with Gasteiger partial charge in [-0.15, -0.1) is 11.3 Å². The van der Waals surface area contributed by atoms with Gasteiger partial charge in [-0.3, -0.25) is 0 Å². The Balaban J connectivity index is 0.974. The van der Waals surface area contributed by atoms with E-state index in [9.17, 15) is 0 Å². The van der Waals surface area contributed by atoms with Gasteiger partial charge in [-0.2, -0.15) is 0 Å². The van der Waals surface area contributed by atoms with Crippen molar-refractivity contribution in [1.82, 2.24) is 0 Å². The summed E-state index contributed by atoms with van der Waals surface area (Å²) in [5, 5.41) is 20.1. The third-order valence-corrected chi connectivity index (χ3v) is 15.1. The molecule has 0 aliphatic carbocycles. The van der Waals surface area contributed by atoms with Crippen LogP contribution in [0.2, 0.25) is 0 Å². The zero-order valence-corrected chi connectivity index (χ0v) is 37.2. The van der Waals surface area contributed by atoms with E-state index in [1.807, 2.05) is 11.3 Å². The minimum atomic E-state index is 1.12. The Morgan fingerprint density at radius 3 is 1.34 bits per heavy atom. The predicted octanol–water partition coefficient (Wildman–Crippen LogP) is 19.1. The van der Waals surface area contributed by atoms with Crippen LogP contribution in [0, 0.1) is 0 Å². The van der Waals surface area contributed by atoms with Gasteiger partial charge in [0.2, 0.25) is 0 Å². The Morgan fingerprint density at radius 1 is 0.239 bits per heavy atom. The number of hydrogen-bond acceptors (Lipinski definition) is 3. The van der Waals surface area contributed by atoms with E-state index in [-0.39, 0.29) is 0 Å². The van der Waals surface area contributed by atoms with Gasteiger partial charge in [-0.05, 0) is 131 Å². The first-order chi connectivity index (χ1) is 33.2. The summed E-state index contributed by atoms with van der Waals surface area (Å²) in [6.07, 6.45) is 0. The lowest BCUT2D eigenvalue weighted by Gasteiger charge is -2.27. The van der Waals surface area contributed by atoms with Crippen LogP contribution >= 0.6 is 11.3 Å². The highest BCUT2D eigenvalue weighted by molar-refractivity contribution is 7.27. The minimum absolute atomic E-state index is 1.12. The third-order valence-electron chi connectivity index (χ3n) is 13.9. The summed E-state index contributed by atoms with van der Waals surface area (Å²) in [6, 6.07) is 89.6. The monoisotopic (exact) mass is 868 g/mol. The lowest BCUT2D eigenvalue weighted by Crippen LogP contribution is -2.10. The van der Waals surface area contributed by atoms with Crippen LogP contribution in [0.1, 0.15) is 0 Å². The van der Waals surface area contributed by atoms with E-state index in [2.05, 4.69) is 252 Å². The summed E-state index contributed by atoms with van der Waals surface area (Å²) in [5.74, 6) is 0. The molecule has 0 aliphatic rings. The van der Waals surface area contributed by atoms with Gasteiger partial charge in [0, 0.05) is 59.4 Å². The smallest absolute Gasteiger partial charge is 0.0540 e. The molecular formula is C64H40N2S. The van der Waals surface area contributed by atoms with Gasteiger partial charge in [-0.25, -0.2) is 0 Å². The number of fused-ring (bicyclic) bond motifs is 15. The van der Waals surface area contributed by atoms with E-state index in [1.54, 1.807) is 0 Å². The highest BCUT2D eigenvalue weighted by atomic mass is 32.1. The van der Waals surface area contributed by atoms with Gasteiger partial charge in [0.15, 0.2) is 0 Å². The fourth-order valence-corrected chi connectivity index (χ4v) is 12.1. The molecule has 312 valence electrons. The molecule has 14 aromatic rings. The second kappa shape index (κ2) is 15.0. The highest BCUT2D eigenvalue weighted by Crippen LogP contribution is 2.49. The van der Waals surface area contributed by atoms with Crippen molar-refractivity contribution >= 4 is 141 Å².